The summed E-state index contributed by atoms with van der Waals surface area (Å²) in [7, 11) is 0. The fourth-order valence-corrected chi connectivity index (χ4v) is 2.53. The molecule has 1 aliphatic rings. The maximum Gasteiger partial charge on any atom is 0.254 e. The number of carbonyl (C=O) groups is 1. The summed E-state index contributed by atoms with van der Waals surface area (Å²) in [6.45, 7) is 3.89. The molecule has 1 heterocycles. The third-order valence-corrected chi connectivity index (χ3v) is 3.70. The first-order valence-electron chi connectivity index (χ1n) is 6.55. The number of nitrogen functional groups attached to an aromatic ring is 2. The van der Waals surface area contributed by atoms with Gasteiger partial charge in [-0.05, 0) is 37.0 Å². The molecule has 1 aromatic carbocycles. The van der Waals surface area contributed by atoms with Crippen LogP contribution in [0.3, 0.4) is 0 Å². The van der Waals surface area contributed by atoms with Crippen molar-refractivity contribution in [1.82, 2.24) is 4.90 Å². The van der Waals surface area contributed by atoms with Crippen LogP contribution in [0.5, 0.6) is 0 Å². The second-order valence-electron chi connectivity index (χ2n) is 5.03. The van der Waals surface area contributed by atoms with E-state index in [1.165, 1.54) is 6.42 Å². The fourth-order valence-electron chi connectivity index (χ4n) is 2.53. The highest BCUT2D eigenvalue weighted by Crippen LogP contribution is 2.22. The van der Waals surface area contributed by atoms with Crippen LogP contribution < -0.4 is 11.5 Å². The Labute approximate surface area is 108 Å². The number of carbonyl (C=O) groups excluding carboxylic acids is 1. The van der Waals surface area contributed by atoms with Gasteiger partial charge in [-0.15, -0.1) is 0 Å². The lowest BCUT2D eigenvalue weighted by Crippen LogP contribution is -2.38. The van der Waals surface area contributed by atoms with Crippen LogP contribution in [0.15, 0.2) is 18.2 Å². The predicted molar refractivity (Wildman–Crippen MR) is 74.2 cm³/mol. The Morgan fingerprint density at radius 2 is 1.78 bits per heavy atom. The van der Waals surface area contributed by atoms with E-state index >= 15 is 0 Å². The molecule has 4 N–H and O–H groups in total. The fraction of sp³-hybridized carbons (Fsp3) is 0.500. The normalized spacial score (nSPS) is 16.8. The van der Waals surface area contributed by atoms with Gasteiger partial charge >= 0.3 is 0 Å². The van der Waals surface area contributed by atoms with Gasteiger partial charge in [0.25, 0.3) is 5.91 Å². The van der Waals surface area contributed by atoms with Gasteiger partial charge in [0.15, 0.2) is 0 Å². The van der Waals surface area contributed by atoms with Crippen LogP contribution in [-0.4, -0.2) is 23.9 Å². The van der Waals surface area contributed by atoms with Crippen molar-refractivity contribution in [3.05, 3.63) is 23.8 Å². The van der Waals surface area contributed by atoms with Crippen molar-refractivity contribution in [3.8, 4) is 0 Å². The smallest absolute Gasteiger partial charge is 0.254 e. The SMILES string of the molecule is CCC1CCN(C(=O)c2cc(N)cc(N)c2)CC1. The number of hydrogen-bond donors (Lipinski definition) is 2. The summed E-state index contributed by atoms with van der Waals surface area (Å²) in [4.78, 5) is 14.2. The number of nitrogens with two attached hydrogens (primary N) is 2. The van der Waals surface area contributed by atoms with Crippen LogP contribution in [0.2, 0.25) is 0 Å². The number of benzene rings is 1. The Hall–Kier alpha value is -1.71. The molecule has 98 valence electrons. The third-order valence-electron chi connectivity index (χ3n) is 3.70. The average Bonchev–Trinajstić information content (AvgIpc) is 2.37. The second kappa shape index (κ2) is 5.29. The number of amides is 1. The van der Waals surface area contributed by atoms with Gasteiger partial charge in [-0.1, -0.05) is 13.3 Å². The molecule has 0 aliphatic carbocycles. The van der Waals surface area contributed by atoms with Crippen molar-refractivity contribution >= 4 is 17.3 Å². The molecule has 1 amide bonds. The zero-order valence-corrected chi connectivity index (χ0v) is 10.9. The van der Waals surface area contributed by atoms with Crippen LogP contribution in [-0.2, 0) is 0 Å². The number of hydrogen-bond acceptors (Lipinski definition) is 3. The van der Waals surface area contributed by atoms with E-state index in [-0.39, 0.29) is 5.91 Å². The minimum Gasteiger partial charge on any atom is -0.399 e. The summed E-state index contributed by atoms with van der Waals surface area (Å²) in [5.74, 6) is 0.809. The number of piperidine rings is 1. The van der Waals surface area contributed by atoms with Crippen molar-refractivity contribution in [2.45, 2.75) is 26.2 Å². The summed E-state index contributed by atoms with van der Waals surface area (Å²) >= 11 is 0. The molecule has 0 spiro atoms. The van der Waals surface area contributed by atoms with E-state index in [2.05, 4.69) is 6.92 Å². The van der Waals surface area contributed by atoms with Gasteiger partial charge in [0.1, 0.15) is 0 Å². The summed E-state index contributed by atoms with van der Waals surface area (Å²) in [5.41, 5.74) is 13.1. The molecule has 0 bridgehead atoms. The highest BCUT2D eigenvalue weighted by Gasteiger charge is 2.22. The first-order valence-corrected chi connectivity index (χ1v) is 6.55. The molecule has 18 heavy (non-hydrogen) atoms. The Kier molecular flexibility index (Phi) is 3.75. The zero-order chi connectivity index (χ0) is 13.1. The first-order chi connectivity index (χ1) is 8.60. The van der Waals surface area contributed by atoms with Gasteiger partial charge < -0.3 is 16.4 Å². The number of anilines is 2. The van der Waals surface area contributed by atoms with Gasteiger partial charge in [-0.25, -0.2) is 0 Å². The third kappa shape index (κ3) is 2.75. The molecule has 2 rings (SSSR count). The monoisotopic (exact) mass is 247 g/mol. The van der Waals surface area contributed by atoms with E-state index in [1.807, 2.05) is 4.90 Å². The molecule has 1 aliphatic heterocycles. The zero-order valence-electron chi connectivity index (χ0n) is 10.9. The topological polar surface area (TPSA) is 72.3 Å². The van der Waals surface area contributed by atoms with Crippen molar-refractivity contribution < 1.29 is 4.79 Å². The van der Waals surface area contributed by atoms with E-state index in [0.29, 0.717) is 16.9 Å². The highest BCUT2D eigenvalue weighted by atomic mass is 16.2. The van der Waals surface area contributed by atoms with E-state index in [9.17, 15) is 4.79 Å². The maximum absolute atomic E-state index is 12.3. The number of rotatable bonds is 2. The van der Waals surface area contributed by atoms with Gasteiger partial charge in [0, 0.05) is 30.0 Å². The highest BCUT2D eigenvalue weighted by molar-refractivity contribution is 5.96. The molecule has 0 radical (unpaired) electrons. The quantitative estimate of drug-likeness (QED) is 0.786. The molecule has 1 fully saturated rings. The lowest BCUT2D eigenvalue weighted by Gasteiger charge is -2.31. The van der Waals surface area contributed by atoms with Gasteiger partial charge in [0.05, 0.1) is 0 Å². The standard InChI is InChI=1S/C14H21N3O/c1-2-10-3-5-17(6-4-10)14(18)11-7-12(15)9-13(16)8-11/h7-10H,2-6,15-16H2,1H3. The van der Waals surface area contributed by atoms with Crippen molar-refractivity contribution in [3.63, 3.8) is 0 Å². The van der Waals surface area contributed by atoms with Gasteiger partial charge in [-0.2, -0.15) is 0 Å². The molecule has 4 nitrogen and oxygen atoms in total. The minimum absolute atomic E-state index is 0.0450. The summed E-state index contributed by atoms with van der Waals surface area (Å²) < 4.78 is 0. The molecule has 0 unspecified atom stereocenters. The maximum atomic E-state index is 12.3. The first kappa shape index (κ1) is 12.7. The summed E-state index contributed by atoms with van der Waals surface area (Å²) in [6.07, 6.45) is 3.40. The van der Waals surface area contributed by atoms with Crippen LogP contribution in [0.25, 0.3) is 0 Å². The van der Waals surface area contributed by atoms with E-state index in [1.54, 1.807) is 18.2 Å². The number of nitrogens with zero attached hydrogens (tertiary/aromatic N) is 1. The second-order valence-corrected chi connectivity index (χ2v) is 5.03. The Balaban J connectivity index is 2.07. The van der Waals surface area contributed by atoms with Crippen LogP contribution in [0, 0.1) is 5.92 Å². The van der Waals surface area contributed by atoms with E-state index < -0.39 is 0 Å². The largest absolute Gasteiger partial charge is 0.399 e. The molecule has 4 heteroatoms. The molecule has 1 saturated heterocycles. The molecule has 0 saturated carbocycles. The van der Waals surface area contributed by atoms with Gasteiger partial charge in [-0.3, -0.25) is 4.79 Å². The Morgan fingerprint density at radius 3 is 2.28 bits per heavy atom. The molecular formula is C14H21N3O. The summed E-state index contributed by atoms with van der Waals surface area (Å²) in [5, 5.41) is 0. The lowest BCUT2D eigenvalue weighted by molar-refractivity contribution is 0.0689. The lowest BCUT2D eigenvalue weighted by atomic mass is 9.94. The number of likely N-dealkylation sites (tertiary alicyclic amines) is 1. The summed E-state index contributed by atoms with van der Waals surface area (Å²) in [6, 6.07) is 5.06. The van der Waals surface area contributed by atoms with Crippen molar-refractivity contribution in [2.75, 3.05) is 24.6 Å². The van der Waals surface area contributed by atoms with Crippen molar-refractivity contribution in [1.29, 1.82) is 0 Å². The van der Waals surface area contributed by atoms with E-state index in [4.69, 9.17) is 11.5 Å². The minimum atomic E-state index is 0.0450. The van der Waals surface area contributed by atoms with Crippen LogP contribution >= 0.6 is 0 Å². The van der Waals surface area contributed by atoms with Crippen molar-refractivity contribution in [2.24, 2.45) is 5.92 Å². The predicted octanol–water partition coefficient (Wildman–Crippen LogP) is 2.11. The van der Waals surface area contributed by atoms with E-state index in [0.717, 1.165) is 31.8 Å². The van der Waals surface area contributed by atoms with Crippen LogP contribution in [0.1, 0.15) is 36.5 Å². The molecular weight excluding hydrogens is 226 g/mol. The Morgan fingerprint density at radius 1 is 1.22 bits per heavy atom. The molecule has 1 aromatic rings. The molecule has 0 aromatic heterocycles. The Bertz CT molecular complexity index is 416. The average molecular weight is 247 g/mol. The molecule has 0 atom stereocenters. The van der Waals surface area contributed by atoms with Gasteiger partial charge in [0.2, 0.25) is 0 Å². The van der Waals surface area contributed by atoms with Crippen LogP contribution in [0.4, 0.5) is 11.4 Å².